The first kappa shape index (κ1) is 23.6. The van der Waals surface area contributed by atoms with Crippen LogP contribution in [-0.4, -0.2) is 35.8 Å². The number of nitrogens with zero attached hydrogens (tertiary/aromatic N) is 2. The molecule has 8 heteroatoms. The van der Waals surface area contributed by atoms with Gasteiger partial charge in [-0.2, -0.15) is 0 Å². The average Bonchev–Trinajstić information content (AvgIpc) is 3.58. The highest BCUT2D eigenvalue weighted by molar-refractivity contribution is 9.10. The van der Waals surface area contributed by atoms with E-state index in [1.165, 1.54) is 24.0 Å². The Morgan fingerprint density at radius 3 is 2.74 bits per heavy atom. The summed E-state index contributed by atoms with van der Waals surface area (Å²) in [6.45, 7) is 1.63. The molecule has 1 fully saturated rings. The van der Waals surface area contributed by atoms with Gasteiger partial charge in [0.15, 0.2) is 5.11 Å². The van der Waals surface area contributed by atoms with Crippen molar-refractivity contribution in [1.82, 2.24) is 15.2 Å². The van der Waals surface area contributed by atoms with E-state index < -0.39 is 0 Å². The summed E-state index contributed by atoms with van der Waals surface area (Å²) >= 11 is 15.9. The van der Waals surface area contributed by atoms with Gasteiger partial charge in [-0.05, 0) is 79.2 Å². The lowest BCUT2D eigenvalue weighted by Gasteiger charge is -2.29. The SMILES string of the molecule is COc1ccc(CN(CC2CC2)C(=S)NC2CCc3cc(Br)c4cc(Cl)ncc4c32)c(OC)c1. The van der Waals surface area contributed by atoms with Crippen LogP contribution in [0.1, 0.15) is 42.0 Å². The maximum absolute atomic E-state index is 6.19. The molecule has 1 N–H and O–H groups in total. The molecule has 2 aliphatic rings. The normalized spacial score (nSPS) is 16.9. The van der Waals surface area contributed by atoms with Crippen LogP contribution in [0.2, 0.25) is 5.15 Å². The van der Waals surface area contributed by atoms with E-state index in [1.54, 1.807) is 14.2 Å². The molecular formula is C26H27BrClN3O2S. The highest BCUT2D eigenvalue weighted by atomic mass is 79.9. The first-order valence-corrected chi connectivity index (χ1v) is 13.1. The largest absolute Gasteiger partial charge is 0.497 e. The third-order valence-corrected chi connectivity index (χ3v) is 7.97. The van der Waals surface area contributed by atoms with Crippen LogP contribution in [-0.2, 0) is 13.0 Å². The zero-order valence-corrected chi connectivity index (χ0v) is 22.4. The van der Waals surface area contributed by atoms with Crippen molar-refractivity contribution in [2.75, 3.05) is 20.8 Å². The molecule has 2 aromatic carbocycles. The standard InChI is InChI=1S/C26H27BrClN3O2S/c1-32-18-7-5-17(23(10-18)33-2)14-31(13-15-3-4-15)26(34)30-22-8-6-16-9-21(27)19-11-24(28)29-12-20(19)25(16)22/h5,7,9-12,15,22H,3-4,6,8,13-14H2,1-2H3,(H,30,34). The Labute approximate surface area is 218 Å². The number of aryl methyl sites for hydroxylation is 1. The van der Waals surface area contributed by atoms with Crippen LogP contribution >= 0.6 is 39.7 Å². The second-order valence-corrected chi connectivity index (χ2v) is 10.7. The molecule has 2 aliphatic carbocycles. The molecular weight excluding hydrogens is 534 g/mol. The van der Waals surface area contributed by atoms with Gasteiger partial charge < -0.3 is 19.7 Å². The number of pyridine rings is 1. The number of thiocarbonyl (C=S) groups is 1. The lowest BCUT2D eigenvalue weighted by Crippen LogP contribution is -2.41. The van der Waals surface area contributed by atoms with Crippen LogP contribution in [0.5, 0.6) is 11.5 Å². The van der Waals surface area contributed by atoms with Gasteiger partial charge in [0, 0.05) is 46.2 Å². The quantitative estimate of drug-likeness (QED) is 0.265. The van der Waals surface area contributed by atoms with Crippen LogP contribution in [0.25, 0.3) is 10.8 Å². The third kappa shape index (κ3) is 4.83. The molecule has 1 heterocycles. The molecule has 5 rings (SSSR count). The monoisotopic (exact) mass is 559 g/mol. The number of nitrogens with one attached hydrogen (secondary N) is 1. The lowest BCUT2D eigenvalue weighted by atomic mass is 10.0. The Morgan fingerprint density at radius 2 is 2.00 bits per heavy atom. The van der Waals surface area contributed by atoms with Crippen LogP contribution in [0, 0.1) is 5.92 Å². The van der Waals surface area contributed by atoms with Crippen LogP contribution in [0.15, 0.2) is 41.0 Å². The molecule has 0 aliphatic heterocycles. The van der Waals surface area contributed by atoms with Gasteiger partial charge in [0.2, 0.25) is 0 Å². The number of rotatable bonds is 7. The van der Waals surface area contributed by atoms with Gasteiger partial charge in [0.25, 0.3) is 0 Å². The molecule has 1 saturated carbocycles. The first-order valence-electron chi connectivity index (χ1n) is 11.5. The van der Waals surface area contributed by atoms with E-state index in [2.05, 4.69) is 43.3 Å². The molecule has 0 bridgehead atoms. The summed E-state index contributed by atoms with van der Waals surface area (Å²) in [6.07, 6.45) is 6.40. The number of hydrogen-bond acceptors (Lipinski definition) is 4. The van der Waals surface area contributed by atoms with Gasteiger partial charge in [-0.1, -0.05) is 27.5 Å². The van der Waals surface area contributed by atoms with Gasteiger partial charge in [-0.3, -0.25) is 0 Å². The number of methoxy groups -OCH3 is 2. The van der Waals surface area contributed by atoms with Gasteiger partial charge in [-0.15, -0.1) is 0 Å². The van der Waals surface area contributed by atoms with Gasteiger partial charge >= 0.3 is 0 Å². The maximum atomic E-state index is 6.19. The fourth-order valence-corrected chi connectivity index (χ4v) is 5.83. The Balaban J connectivity index is 1.41. The predicted molar refractivity (Wildman–Crippen MR) is 144 cm³/mol. The van der Waals surface area contributed by atoms with Crippen molar-refractivity contribution < 1.29 is 9.47 Å². The van der Waals surface area contributed by atoms with Crippen molar-refractivity contribution >= 4 is 55.6 Å². The van der Waals surface area contributed by atoms with Crippen molar-refractivity contribution in [3.8, 4) is 11.5 Å². The number of aromatic nitrogens is 1. The summed E-state index contributed by atoms with van der Waals surface area (Å²) in [5.41, 5.74) is 3.70. The minimum Gasteiger partial charge on any atom is -0.497 e. The summed E-state index contributed by atoms with van der Waals surface area (Å²) in [6, 6.07) is 10.2. The number of hydrogen-bond donors (Lipinski definition) is 1. The Hall–Kier alpha value is -2.09. The minimum absolute atomic E-state index is 0.139. The summed E-state index contributed by atoms with van der Waals surface area (Å²) in [7, 11) is 3.36. The molecule has 1 atom stereocenters. The van der Waals surface area contributed by atoms with Gasteiger partial charge in [-0.25, -0.2) is 4.98 Å². The van der Waals surface area contributed by atoms with E-state index in [9.17, 15) is 0 Å². The molecule has 1 aromatic heterocycles. The number of halogens is 2. The third-order valence-electron chi connectivity index (χ3n) is 6.73. The Morgan fingerprint density at radius 1 is 1.18 bits per heavy atom. The average molecular weight is 561 g/mol. The van der Waals surface area contributed by atoms with E-state index in [0.717, 1.165) is 56.8 Å². The molecule has 1 unspecified atom stereocenters. The van der Waals surface area contributed by atoms with E-state index in [0.29, 0.717) is 17.6 Å². The lowest BCUT2D eigenvalue weighted by molar-refractivity contribution is 0.358. The molecule has 5 nitrogen and oxygen atoms in total. The summed E-state index contributed by atoms with van der Waals surface area (Å²) in [5.74, 6) is 2.29. The predicted octanol–water partition coefficient (Wildman–Crippen LogP) is 6.44. The van der Waals surface area contributed by atoms with Crippen molar-refractivity contribution in [2.24, 2.45) is 5.92 Å². The van der Waals surface area contributed by atoms with E-state index in [4.69, 9.17) is 33.3 Å². The number of fused-ring (bicyclic) bond motifs is 3. The summed E-state index contributed by atoms with van der Waals surface area (Å²) in [4.78, 5) is 6.64. The van der Waals surface area contributed by atoms with E-state index in [1.807, 2.05) is 24.4 Å². The zero-order chi connectivity index (χ0) is 23.8. The number of benzene rings is 2. The maximum Gasteiger partial charge on any atom is 0.169 e. The Bertz CT molecular complexity index is 1250. The molecule has 0 amide bonds. The topological polar surface area (TPSA) is 46.6 Å². The smallest absolute Gasteiger partial charge is 0.169 e. The fourth-order valence-electron chi connectivity index (χ4n) is 4.79. The van der Waals surface area contributed by atoms with E-state index in [-0.39, 0.29) is 6.04 Å². The summed E-state index contributed by atoms with van der Waals surface area (Å²) < 4.78 is 12.1. The van der Waals surface area contributed by atoms with Gasteiger partial charge in [0.1, 0.15) is 16.7 Å². The Kier molecular flexibility index (Phi) is 6.87. The highest BCUT2D eigenvalue weighted by Gasteiger charge is 2.30. The molecule has 0 spiro atoms. The molecule has 178 valence electrons. The molecule has 3 aromatic rings. The molecule has 0 saturated heterocycles. The van der Waals surface area contributed by atoms with Crippen LogP contribution in [0.4, 0.5) is 0 Å². The van der Waals surface area contributed by atoms with Crippen LogP contribution < -0.4 is 14.8 Å². The first-order chi connectivity index (χ1) is 16.5. The fraction of sp³-hybridized carbons (Fsp3) is 0.385. The van der Waals surface area contributed by atoms with Crippen molar-refractivity contribution in [1.29, 1.82) is 0 Å². The highest BCUT2D eigenvalue weighted by Crippen LogP contribution is 2.41. The molecule has 0 radical (unpaired) electrons. The van der Waals surface area contributed by atoms with Crippen molar-refractivity contribution in [3.63, 3.8) is 0 Å². The van der Waals surface area contributed by atoms with E-state index >= 15 is 0 Å². The molecule has 34 heavy (non-hydrogen) atoms. The van der Waals surface area contributed by atoms with Crippen molar-refractivity contribution in [3.05, 3.63) is 62.8 Å². The zero-order valence-electron chi connectivity index (χ0n) is 19.2. The minimum atomic E-state index is 0.139. The summed E-state index contributed by atoms with van der Waals surface area (Å²) in [5, 5.41) is 7.17. The van der Waals surface area contributed by atoms with Gasteiger partial charge in [0.05, 0.1) is 20.3 Å². The second-order valence-electron chi connectivity index (χ2n) is 9.03. The number of ether oxygens (including phenoxy) is 2. The second kappa shape index (κ2) is 9.88. The van der Waals surface area contributed by atoms with Crippen molar-refractivity contribution in [2.45, 2.75) is 38.3 Å². The van der Waals surface area contributed by atoms with Crippen LogP contribution in [0.3, 0.4) is 0 Å².